The standard InChI is InChI=1S/C32H33N3O2.C6H8O7/c1-34(2)32(23-10-4-3-5-11-23)19-16-22(17-20-32)29-25(24-12-8-9-15-28(24)33-29)18-21-35-30(36)26-13-6-7-14-27(26)31(35)37;7-3(8)1-6(13,5(11)12)2-4(9)10/h3-15,22,33H,16-21H2,1-2H3;13H,1-2H2,(H,7,8)(H,9,10)(H,11,12). The van der Waals surface area contributed by atoms with E-state index in [4.69, 9.17) is 20.4 Å². The van der Waals surface area contributed by atoms with Crippen LogP contribution in [0.2, 0.25) is 0 Å². The fraction of sp³-hybridized carbons (Fsp3) is 0.342. The number of aliphatic hydroxyl groups is 1. The van der Waals surface area contributed by atoms with E-state index in [1.54, 1.807) is 12.1 Å². The monoisotopic (exact) mass is 683 g/mol. The van der Waals surface area contributed by atoms with Crippen molar-refractivity contribution in [2.75, 3.05) is 20.6 Å². The Kier molecular flexibility index (Phi) is 10.5. The number of hydrogen-bond acceptors (Lipinski definition) is 7. The van der Waals surface area contributed by atoms with E-state index < -0.39 is 36.4 Å². The molecule has 12 heteroatoms. The summed E-state index contributed by atoms with van der Waals surface area (Å²) in [5, 5.41) is 35.0. The Morgan fingerprint density at radius 2 is 1.34 bits per heavy atom. The Balaban J connectivity index is 0.000000320. The first-order valence-corrected chi connectivity index (χ1v) is 16.4. The van der Waals surface area contributed by atoms with E-state index in [0.29, 0.717) is 30.0 Å². The van der Waals surface area contributed by atoms with Gasteiger partial charge in [-0.25, -0.2) is 4.79 Å². The van der Waals surface area contributed by atoms with Crippen molar-refractivity contribution in [3.8, 4) is 0 Å². The molecule has 3 aromatic carbocycles. The van der Waals surface area contributed by atoms with Gasteiger partial charge in [0.1, 0.15) is 0 Å². The quantitative estimate of drug-likeness (QED) is 0.136. The van der Waals surface area contributed by atoms with Crippen molar-refractivity contribution < 1.29 is 44.4 Å². The van der Waals surface area contributed by atoms with Crippen LogP contribution in [-0.4, -0.2) is 91.2 Å². The SMILES string of the molecule is CN(C)C1(c2ccccc2)CCC(c2[nH]c3ccccc3c2CCN2C(=O)c3ccccc3C2=O)CC1.O=C(O)CC(O)(CC(=O)O)C(=O)O. The number of nitrogens with one attached hydrogen (secondary N) is 1. The summed E-state index contributed by atoms with van der Waals surface area (Å²) in [4.78, 5) is 64.0. The first kappa shape index (κ1) is 36.0. The van der Waals surface area contributed by atoms with Crippen molar-refractivity contribution in [2.45, 2.75) is 62.0 Å². The van der Waals surface area contributed by atoms with E-state index in [1.165, 1.54) is 27.1 Å². The summed E-state index contributed by atoms with van der Waals surface area (Å²) in [7, 11) is 4.40. The molecule has 1 aliphatic heterocycles. The Morgan fingerprint density at radius 1 is 0.820 bits per heavy atom. The molecule has 2 heterocycles. The van der Waals surface area contributed by atoms with E-state index in [1.807, 2.05) is 12.1 Å². The number of hydrogen-bond donors (Lipinski definition) is 5. The van der Waals surface area contributed by atoms with Gasteiger partial charge in [-0.15, -0.1) is 0 Å². The molecule has 0 radical (unpaired) electrons. The molecule has 0 saturated heterocycles. The Bertz CT molecular complexity index is 1860. The van der Waals surface area contributed by atoms with E-state index in [9.17, 15) is 24.0 Å². The third-order valence-corrected chi connectivity index (χ3v) is 9.98. The Morgan fingerprint density at radius 3 is 1.86 bits per heavy atom. The largest absolute Gasteiger partial charge is 0.481 e. The summed E-state index contributed by atoms with van der Waals surface area (Å²) in [6.45, 7) is 0.388. The maximum Gasteiger partial charge on any atom is 0.336 e. The number of amides is 2. The number of fused-ring (bicyclic) bond motifs is 2. The van der Waals surface area contributed by atoms with Crippen LogP contribution in [0, 0.1) is 0 Å². The third-order valence-electron chi connectivity index (χ3n) is 9.98. The number of H-pyrrole nitrogens is 1. The number of carbonyl (C=O) groups is 5. The summed E-state index contributed by atoms with van der Waals surface area (Å²) in [6, 6.07) is 26.4. The molecule has 262 valence electrons. The zero-order valence-corrected chi connectivity index (χ0v) is 28.0. The van der Waals surface area contributed by atoms with E-state index >= 15 is 0 Å². The van der Waals surface area contributed by atoms with Gasteiger partial charge in [-0.2, -0.15) is 0 Å². The zero-order valence-electron chi connectivity index (χ0n) is 28.0. The van der Waals surface area contributed by atoms with Gasteiger partial charge in [0.15, 0.2) is 5.60 Å². The lowest BCUT2D eigenvalue weighted by Crippen LogP contribution is -2.44. The zero-order chi connectivity index (χ0) is 36.2. The molecule has 0 atom stereocenters. The van der Waals surface area contributed by atoms with Crippen LogP contribution in [0.25, 0.3) is 10.9 Å². The van der Waals surface area contributed by atoms with Crippen molar-refractivity contribution >= 4 is 40.6 Å². The highest BCUT2D eigenvalue weighted by Gasteiger charge is 2.42. The number of benzene rings is 3. The highest BCUT2D eigenvalue weighted by atomic mass is 16.4. The minimum absolute atomic E-state index is 0.0457. The van der Waals surface area contributed by atoms with E-state index in [2.05, 4.69) is 78.6 Å². The first-order chi connectivity index (χ1) is 23.8. The Hall–Kier alpha value is -5.33. The highest BCUT2D eigenvalue weighted by molar-refractivity contribution is 6.21. The van der Waals surface area contributed by atoms with Gasteiger partial charge in [0.05, 0.1) is 24.0 Å². The summed E-state index contributed by atoms with van der Waals surface area (Å²) in [5.41, 5.74) is 3.37. The van der Waals surface area contributed by atoms with Crippen LogP contribution < -0.4 is 0 Å². The van der Waals surface area contributed by atoms with E-state index in [-0.39, 0.29) is 17.4 Å². The molecule has 0 unspecified atom stereocenters. The molecule has 1 saturated carbocycles. The van der Waals surface area contributed by atoms with Crippen LogP contribution in [0.3, 0.4) is 0 Å². The second-order valence-corrected chi connectivity index (χ2v) is 13.2. The van der Waals surface area contributed by atoms with Crippen LogP contribution in [0.4, 0.5) is 0 Å². The topological polar surface area (TPSA) is 189 Å². The van der Waals surface area contributed by atoms with Crippen LogP contribution in [-0.2, 0) is 26.3 Å². The third kappa shape index (κ3) is 7.17. The van der Waals surface area contributed by atoms with Crippen molar-refractivity contribution in [1.82, 2.24) is 14.8 Å². The van der Waals surface area contributed by atoms with Gasteiger partial charge in [-0.05, 0) is 81.4 Å². The number of rotatable bonds is 11. The van der Waals surface area contributed by atoms with Gasteiger partial charge < -0.3 is 25.4 Å². The first-order valence-electron chi connectivity index (χ1n) is 16.4. The fourth-order valence-corrected chi connectivity index (χ4v) is 7.35. The number of imide groups is 1. The van der Waals surface area contributed by atoms with Gasteiger partial charge >= 0.3 is 17.9 Å². The number of nitrogens with zero attached hydrogens (tertiary/aromatic N) is 2. The average Bonchev–Trinajstić information content (AvgIpc) is 3.57. The van der Waals surface area contributed by atoms with Gasteiger partial charge in [-0.1, -0.05) is 60.7 Å². The lowest BCUT2D eigenvalue weighted by atomic mass is 9.70. The predicted molar refractivity (Wildman–Crippen MR) is 184 cm³/mol. The molecule has 50 heavy (non-hydrogen) atoms. The van der Waals surface area contributed by atoms with Crippen molar-refractivity contribution in [3.63, 3.8) is 0 Å². The molecule has 1 aromatic heterocycles. The number of aromatic nitrogens is 1. The fourth-order valence-electron chi connectivity index (χ4n) is 7.35. The molecule has 2 amide bonds. The molecule has 0 spiro atoms. The number of para-hydroxylation sites is 1. The average molecular weight is 684 g/mol. The highest BCUT2D eigenvalue weighted by Crippen LogP contribution is 2.47. The van der Waals surface area contributed by atoms with Crippen molar-refractivity contribution in [2.24, 2.45) is 0 Å². The molecular weight excluding hydrogens is 642 g/mol. The molecule has 2 aliphatic rings. The Labute approximate surface area is 289 Å². The number of aromatic amines is 1. The van der Waals surface area contributed by atoms with Crippen molar-refractivity contribution in [3.05, 3.63) is 107 Å². The molecule has 6 rings (SSSR count). The lowest BCUT2D eigenvalue weighted by molar-refractivity contribution is -0.170. The number of carboxylic acids is 3. The van der Waals surface area contributed by atoms with Gasteiger partial charge in [0.25, 0.3) is 11.8 Å². The second-order valence-electron chi connectivity index (χ2n) is 13.2. The van der Waals surface area contributed by atoms with Crippen LogP contribution in [0.15, 0.2) is 78.9 Å². The maximum atomic E-state index is 13.0. The summed E-state index contributed by atoms with van der Waals surface area (Å²) >= 11 is 0. The maximum absolute atomic E-state index is 13.0. The van der Waals surface area contributed by atoms with E-state index in [0.717, 1.165) is 31.2 Å². The molecule has 5 N–H and O–H groups in total. The number of aliphatic carboxylic acids is 3. The normalized spacial score (nSPS) is 18.9. The molecular formula is C38H41N3O9. The smallest absolute Gasteiger partial charge is 0.336 e. The minimum Gasteiger partial charge on any atom is -0.481 e. The molecule has 0 bridgehead atoms. The lowest BCUT2D eigenvalue weighted by Gasteiger charge is -2.45. The second kappa shape index (κ2) is 14.7. The molecule has 1 fully saturated rings. The summed E-state index contributed by atoms with van der Waals surface area (Å²) < 4.78 is 0. The molecule has 4 aromatic rings. The van der Waals surface area contributed by atoms with Gasteiger partial charge in [0.2, 0.25) is 0 Å². The van der Waals surface area contributed by atoms with Crippen LogP contribution in [0.1, 0.15) is 82.0 Å². The predicted octanol–water partition coefficient (Wildman–Crippen LogP) is 4.87. The minimum atomic E-state index is -2.74. The van der Waals surface area contributed by atoms with Crippen LogP contribution >= 0.6 is 0 Å². The summed E-state index contributed by atoms with van der Waals surface area (Å²) in [6.07, 6.45) is 2.70. The summed E-state index contributed by atoms with van der Waals surface area (Å²) in [5.74, 6) is -4.97. The van der Waals surface area contributed by atoms with Gasteiger partial charge in [-0.3, -0.25) is 29.0 Å². The van der Waals surface area contributed by atoms with Crippen molar-refractivity contribution in [1.29, 1.82) is 0 Å². The number of carboxylic acid groups (broad SMARTS) is 3. The molecule has 12 nitrogen and oxygen atoms in total. The van der Waals surface area contributed by atoms with Gasteiger partial charge in [0, 0.05) is 28.7 Å². The molecule has 1 aliphatic carbocycles. The number of carbonyl (C=O) groups excluding carboxylic acids is 2. The van der Waals surface area contributed by atoms with Crippen LogP contribution in [0.5, 0.6) is 0 Å².